The summed E-state index contributed by atoms with van der Waals surface area (Å²) in [4.78, 5) is 43.6. The molecule has 2 aromatic carbocycles. The molecule has 200 valence electrons. The molecule has 0 saturated heterocycles. The number of imidazole rings is 1. The lowest BCUT2D eigenvalue weighted by molar-refractivity contribution is -0.699. The minimum atomic E-state index is -0.384. The van der Waals surface area contributed by atoms with E-state index in [1.807, 2.05) is 0 Å². The van der Waals surface area contributed by atoms with Crippen molar-refractivity contribution in [3.05, 3.63) is 83.9 Å². The molecule has 2 aromatic heterocycles. The fourth-order valence-corrected chi connectivity index (χ4v) is 4.56. The number of rotatable bonds is 11. The monoisotopic (exact) mass is 529 g/mol. The van der Waals surface area contributed by atoms with Crippen molar-refractivity contribution in [1.29, 1.82) is 0 Å². The van der Waals surface area contributed by atoms with Crippen molar-refractivity contribution >= 4 is 28.8 Å². The molecule has 2 N–H and O–H groups in total. The summed E-state index contributed by atoms with van der Waals surface area (Å²) in [7, 11) is 0. The van der Waals surface area contributed by atoms with Crippen LogP contribution in [0.2, 0.25) is 0 Å². The largest absolute Gasteiger partial charge is 0.868 e. The Hall–Kier alpha value is -4.77. The van der Waals surface area contributed by atoms with Gasteiger partial charge in [-0.15, -0.1) is 0 Å². The third-order valence-electron chi connectivity index (χ3n) is 6.42. The number of ether oxygens (including phenoxy) is 1. The lowest BCUT2D eigenvalue weighted by Crippen LogP contribution is -2.36. The molecule has 1 aliphatic heterocycles. The van der Waals surface area contributed by atoms with E-state index < -0.39 is 0 Å². The number of carbonyl (C=O) groups excluding carboxylic acids is 3. The second-order valence-electron chi connectivity index (χ2n) is 9.07. The summed E-state index contributed by atoms with van der Waals surface area (Å²) in [5.74, 6) is -0.233. The molecule has 0 saturated carbocycles. The first-order chi connectivity index (χ1) is 18.9. The summed E-state index contributed by atoms with van der Waals surface area (Å²) in [5, 5.41) is 23.8. The van der Waals surface area contributed by atoms with Crippen molar-refractivity contribution in [2.75, 3.05) is 19.8 Å². The number of hydrogen-bond donors (Lipinski definition) is 2. The Morgan fingerprint density at radius 2 is 1.85 bits per heavy atom. The molecule has 0 unspecified atom stereocenters. The van der Waals surface area contributed by atoms with Crippen LogP contribution in [0.15, 0.2) is 67.0 Å². The van der Waals surface area contributed by atoms with Crippen LogP contribution < -0.4 is 19.7 Å². The molecule has 3 amide bonds. The first kappa shape index (κ1) is 25.9. The van der Waals surface area contributed by atoms with Crippen LogP contribution in [0.25, 0.3) is 11.0 Å². The van der Waals surface area contributed by atoms with Gasteiger partial charge in [-0.1, -0.05) is 18.2 Å². The number of pyridine rings is 1. The number of nitrogens with one attached hydrogen (secondary N) is 1. The lowest BCUT2D eigenvalue weighted by Gasteiger charge is -2.15. The zero-order chi connectivity index (χ0) is 27.4. The molecule has 3 heterocycles. The fourth-order valence-electron chi connectivity index (χ4n) is 4.56. The van der Waals surface area contributed by atoms with E-state index in [1.165, 1.54) is 12.3 Å². The van der Waals surface area contributed by atoms with Crippen molar-refractivity contribution in [1.82, 2.24) is 19.8 Å². The van der Waals surface area contributed by atoms with E-state index >= 15 is 0 Å². The van der Waals surface area contributed by atoms with Crippen LogP contribution in [-0.2, 0) is 24.4 Å². The van der Waals surface area contributed by atoms with E-state index in [-0.39, 0.29) is 49.8 Å². The summed E-state index contributed by atoms with van der Waals surface area (Å²) in [6.45, 7) is 0.826. The number of amides is 3. The summed E-state index contributed by atoms with van der Waals surface area (Å²) < 4.78 is 9.19. The molecule has 0 atom stereocenters. The smallest absolute Gasteiger partial charge is 0.261 e. The van der Waals surface area contributed by atoms with Crippen molar-refractivity contribution in [2.45, 2.75) is 26.1 Å². The molecule has 11 nitrogen and oxygen atoms in total. The van der Waals surface area contributed by atoms with Crippen molar-refractivity contribution in [2.24, 2.45) is 0 Å². The van der Waals surface area contributed by atoms with Crippen LogP contribution in [0.4, 0.5) is 0 Å². The van der Waals surface area contributed by atoms with Crippen LogP contribution >= 0.6 is 0 Å². The number of aliphatic hydroxyl groups excluding tert-OH is 1. The van der Waals surface area contributed by atoms with Crippen molar-refractivity contribution in [3.63, 3.8) is 0 Å². The highest BCUT2D eigenvalue weighted by atomic mass is 16.5. The minimum absolute atomic E-state index is 0.0446. The molecule has 0 aliphatic carbocycles. The number of aliphatic hydroxyl groups is 1. The Balaban J connectivity index is 1.22. The fraction of sp³-hybridized carbons (Fsp3) is 0.250. The van der Waals surface area contributed by atoms with Gasteiger partial charge in [-0.2, -0.15) is 0 Å². The number of carbonyl (C=O) groups is 3. The van der Waals surface area contributed by atoms with Gasteiger partial charge in [0.15, 0.2) is 19.0 Å². The topological polar surface area (TPSA) is 141 Å². The number of imide groups is 1. The van der Waals surface area contributed by atoms with Gasteiger partial charge in [0.2, 0.25) is 0 Å². The summed E-state index contributed by atoms with van der Waals surface area (Å²) in [5.41, 5.74) is 1.96. The highest BCUT2D eigenvalue weighted by molar-refractivity contribution is 6.21. The van der Waals surface area contributed by atoms with Gasteiger partial charge in [-0.25, -0.2) is 9.55 Å². The third-order valence-corrected chi connectivity index (χ3v) is 6.42. The van der Waals surface area contributed by atoms with Crippen molar-refractivity contribution in [3.8, 4) is 11.5 Å². The Labute approximate surface area is 223 Å². The normalized spacial score (nSPS) is 12.7. The molecule has 4 aromatic rings. The maximum atomic E-state index is 12.8. The molecular formula is C28H27N5O6. The van der Waals surface area contributed by atoms with Crippen molar-refractivity contribution < 1.29 is 33.9 Å². The second kappa shape index (κ2) is 11.3. The molecule has 0 fully saturated rings. The van der Waals surface area contributed by atoms with Crippen LogP contribution in [0.3, 0.4) is 0 Å². The number of hydrogen-bond acceptors (Lipinski definition) is 7. The van der Waals surface area contributed by atoms with Crippen LogP contribution in [-0.4, -0.2) is 57.0 Å². The maximum absolute atomic E-state index is 12.8. The van der Waals surface area contributed by atoms with Gasteiger partial charge in [0, 0.05) is 31.6 Å². The number of nitrogens with zero attached hydrogens (tertiary/aromatic N) is 4. The van der Waals surface area contributed by atoms with Gasteiger partial charge in [-0.3, -0.25) is 19.3 Å². The molecule has 0 spiro atoms. The van der Waals surface area contributed by atoms with Gasteiger partial charge in [0.1, 0.15) is 18.1 Å². The molecule has 5 rings (SSSR count). The summed E-state index contributed by atoms with van der Waals surface area (Å²) in [6.07, 6.45) is 3.96. The van der Waals surface area contributed by atoms with Gasteiger partial charge < -0.3 is 24.8 Å². The third kappa shape index (κ3) is 5.58. The Morgan fingerprint density at radius 1 is 1.08 bits per heavy atom. The zero-order valence-electron chi connectivity index (χ0n) is 21.1. The predicted molar refractivity (Wildman–Crippen MR) is 137 cm³/mol. The Bertz CT molecular complexity index is 1510. The first-order valence-corrected chi connectivity index (χ1v) is 12.6. The predicted octanol–water partition coefficient (Wildman–Crippen LogP) is 0.771. The molecule has 0 bridgehead atoms. The minimum Gasteiger partial charge on any atom is -0.868 e. The van der Waals surface area contributed by atoms with Gasteiger partial charge in [0.05, 0.1) is 35.3 Å². The van der Waals surface area contributed by atoms with Gasteiger partial charge in [-0.05, 0) is 30.0 Å². The summed E-state index contributed by atoms with van der Waals surface area (Å²) in [6, 6.07) is 15.0. The second-order valence-corrected chi connectivity index (χ2v) is 9.07. The summed E-state index contributed by atoms with van der Waals surface area (Å²) >= 11 is 0. The quantitative estimate of drug-likeness (QED) is 0.166. The lowest BCUT2D eigenvalue weighted by atomic mass is 10.1. The van der Waals surface area contributed by atoms with E-state index in [0.29, 0.717) is 53.2 Å². The van der Waals surface area contributed by atoms with E-state index in [1.54, 1.807) is 63.9 Å². The van der Waals surface area contributed by atoms with E-state index in [2.05, 4.69) is 10.3 Å². The van der Waals surface area contributed by atoms with Crippen LogP contribution in [0.1, 0.15) is 33.0 Å². The Kier molecular flexibility index (Phi) is 7.50. The molecule has 39 heavy (non-hydrogen) atoms. The number of fused-ring (bicyclic) bond motifs is 2. The van der Waals surface area contributed by atoms with Crippen LogP contribution in [0, 0.1) is 0 Å². The van der Waals surface area contributed by atoms with Gasteiger partial charge >= 0.3 is 0 Å². The average molecular weight is 530 g/mol. The number of aromatic nitrogens is 3. The SMILES string of the molecule is O=C(COc1ccc2nc(CN3C(=O)c4ccccc4C3=O)n(CCO)c2c1)NCCC[n+]1cccc([O-])c1. The highest BCUT2D eigenvalue weighted by Crippen LogP contribution is 2.27. The first-order valence-electron chi connectivity index (χ1n) is 12.6. The van der Waals surface area contributed by atoms with E-state index in [4.69, 9.17) is 4.74 Å². The maximum Gasteiger partial charge on any atom is 0.261 e. The van der Waals surface area contributed by atoms with Gasteiger partial charge in [0.25, 0.3) is 17.7 Å². The van der Waals surface area contributed by atoms with Crippen LogP contribution in [0.5, 0.6) is 11.5 Å². The molecule has 1 aliphatic rings. The van der Waals surface area contributed by atoms with E-state index in [0.717, 1.165) is 4.90 Å². The number of benzene rings is 2. The average Bonchev–Trinajstić information content (AvgIpc) is 3.40. The molecule has 0 radical (unpaired) electrons. The Morgan fingerprint density at radius 3 is 2.56 bits per heavy atom. The zero-order valence-corrected chi connectivity index (χ0v) is 21.1. The molecular weight excluding hydrogens is 502 g/mol. The number of aryl methyl sites for hydroxylation is 1. The van der Waals surface area contributed by atoms with E-state index in [9.17, 15) is 24.6 Å². The highest BCUT2D eigenvalue weighted by Gasteiger charge is 2.36. The standard InChI is InChI=1S/C28H27N5O6/c34-14-13-32-24-15-20(39-18-26(36)29-10-4-12-31-11-3-5-19(35)16-31)8-9-23(24)30-25(32)17-33-27(37)21-6-1-2-7-22(21)28(33)38/h1-3,5-9,11,15-16,34H,4,10,12-14,17-18H2,(H-,29,35,36). The molecule has 11 heteroatoms.